The van der Waals surface area contributed by atoms with Crippen LogP contribution in [0.25, 0.3) is 0 Å². The van der Waals surface area contributed by atoms with Gasteiger partial charge in [-0.1, -0.05) is 0 Å². The summed E-state index contributed by atoms with van der Waals surface area (Å²) in [6.07, 6.45) is 0. The van der Waals surface area contributed by atoms with Gasteiger partial charge in [0, 0.05) is 18.1 Å². The summed E-state index contributed by atoms with van der Waals surface area (Å²) in [5.41, 5.74) is 0. The SMILES string of the molecule is CN[C@H]1CSCCNC1=O. The number of thioether (sulfide) groups is 1. The molecule has 0 spiro atoms. The highest BCUT2D eigenvalue weighted by molar-refractivity contribution is 7.99. The fourth-order valence-electron chi connectivity index (χ4n) is 0.861. The molecule has 0 aromatic carbocycles. The quantitative estimate of drug-likeness (QED) is 0.540. The summed E-state index contributed by atoms with van der Waals surface area (Å²) in [6, 6.07) is 0.00694. The molecule has 1 atom stereocenters. The molecule has 0 saturated carbocycles. The molecule has 0 aliphatic carbocycles. The van der Waals surface area contributed by atoms with Crippen LogP contribution in [-0.2, 0) is 4.79 Å². The Hall–Kier alpha value is -0.220. The molecule has 1 rings (SSSR count). The van der Waals surface area contributed by atoms with Crippen molar-refractivity contribution in [2.45, 2.75) is 6.04 Å². The molecule has 0 radical (unpaired) electrons. The predicted molar refractivity (Wildman–Crippen MR) is 43.2 cm³/mol. The lowest BCUT2D eigenvalue weighted by Crippen LogP contribution is -2.42. The van der Waals surface area contributed by atoms with Gasteiger partial charge in [0.25, 0.3) is 0 Å². The maximum atomic E-state index is 11.1. The van der Waals surface area contributed by atoms with Gasteiger partial charge in [-0.3, -0.25) is 4.79 Å². The van der Waals surface area contributed by atoms with E-state index in [1.807, 2.05) is 7.05 Å². The Bertz CT molecular complexity index is 129. The van der Waals surface area contributed by atoms with Gasteiger partial charge < -0.3 is 10.6 Å². The van der Waals surface area contributed by atoms with E-state index >= 15 is 0 Å². The molecule has 1 aliphatic rings. The minimum atomic E-state index is 0.00694. The van der Waals surface area contributed by atoms with Gasteiger partial charge in [0.05, 0.1) is 6.04 Å². The van der Waals surface area contributed by atoms with E-state index in [1.165, 1.54) is 0 Å². The second-order valence-corrected chi connectivity index (χ2v) is 3.36. The highest BCUT2D eigenvalue weighted by Gasteiger charge is 2.17. The van der Waals surface area contributed by atoms with Crippen LogP contribution in [0.2, 0.25) is 0 Å². The average Bonchev–Trinajstić information content (AvgIpc) is 2.13. The highest BCUT2D eigenvalue weighted by Crippen LogP contribution is 2.04. The van der Waals surface area contributed by atoms with E-state index in [1.54, 1.807) is 11.8 Å². The fourth-order valence-corrected chi connectivity index (χ4v) is 1.83. The predicted octanol–water partition coefficient (Wildman–Crippen LogP) is -0.563. The lowest BCUT2D eigenvalue weighted by atomic mass is 10.3. The Morgan fingerprint density at radius 3 is 3.30 bits per heavy atom. The van der Waals surface area contributed by atoms with Crippen molar-refractivity contribution < 1.29 is 4.79 Å². The molecule has 58 valence electrons. The van der Waals surface area contributed by atoms with Gasteiger partial charge in [0.15, 0.2) is 0 Å². The van der Waals surface area contributed by atoms with Crippen LogP contribution in [0.15, 0.2) is 0 Å². The zero-order chi connectivity index (χ0) is 7.40. The Labute approximate surface area is 64.9 Å². The number of likely N-dealkylation sites (N-methyl/N-ethyl adjacent to an activating group) is 1. The van der Waals surface area contributed by atoms with Crippen LogP contribution in [-0.4, -0.2) is 37.0 Å². The van der Waals surface area contributed by atoms with E-state index in [0.29, 0.717) is 0 Å². The fraction of sp³-hybridized carbons (Fsp3) is 0.833. The van der Waals surface area contributed by atoms with Gasteiger partial charge in [0.2, 0.25) is 5.91 Å². The first-order valence-corrected chi connectivity index (χ1v) is 4.53. The number of carbonyl (C=O) groups excluding carboxylic acids is 1. The van der Waals surface area contributed by atoms with E-state index in [4.69, 9.17) is 0 Å². The van der Waals surface area contributed by atoms with Gasteiger partial charge in [-0.25, -0.2) is 0 Å². The second kappa shape index (κ2) is 3.83. The lowest BCUT2D eigenvalue weighted by Gasteiger charge is -2.09. The summed E-state index contributed by atoms with van der Waals surface area (Å²) in [4.78, 5) is 11.1. The minimum Gasteiger partial charge on any atom is -0.354 e. The van der Waals surface area contributed by atoms with Gasteiger partial charge in [0.1, 0.15) is 0 Å². The summed E-state index contributed by atoms with van der Waals surface area (Å²) in [7, 11) is 1.82. The summed E-state index contributed by atoms with van der Waals surface area (Å²) < 4.78 is 0. The molecule has 3 nitrogen and oxygen atoms in total. The molecule has 1 amide bonds. The smallest absolute Gasteiger partial charge is 0.238 e. The van der Waals surface area contributed by atoms with Gasteiger partial charge in [-0.15, -0.1) is 0 Å². The first kappa shape index (κ1) is 7.88. The number of hydrogen-bond acceptors (Lipinski definition) is 3. The molecule has 0 unspecified atom stereocenters. The molecular weight excluding hydrogens is 148 g/mol. The first-order valence-electron chi connectivity index (χ1n) is 3.37. The van der Waals surface area contributed by atoms with E-state index in [9.17, 15) is 4.79 Å². The summed E-state index contributed by atoms with van der Waals surface area (Å²) >= 11 is 1.81. The normalized spacial score (nSPS) is 27.3. The first-order chi connectivity index (χ1) is 4.84. The second-order valence-electron chi connectivity index (χ2n) is 2.21. The topological polar surface area (TPSA) is 41.1 Å². The van der Waals surface area contributed by atoms with Crippen LogP contribution in [0.1, 0.15) is 0 Å². The molecule has 1 heterocycles. The largest absolute Gasteiger partial charge is 0.354 e. The molecule has 0 aromatic rings. The van der Waals surface area contributed by atoms with Crippen molar-refractivity contribution in [3.05, 3.63) is 0 Å². The number of amides is 1. The Balaban J connectivity index is 2.43. The molecule has 1 saturated heterocycles. The van der Waals surface area contributed by atoms with Crippen LogP contribution in [0.3, 0.4) is 0 Å². The zero-order valence-corrected chi connectivity index (χ0v) is 6.83. The highest BCUT2D eigenvalue weighted by atomic mass is 32.2. The summed E-state index contributed by atoms with van der Waals surface area (Å²) in [5.74, 6) is 2.05. The van der Waals surface area contributed by atoms with Gasteiger partial charge >= 0.3 is 0 Å². The van der Waals surface area contributed by atoms with E-state index in [2.05, 4.69) is 10.6 Å². The van der Waals surface area contributed by atoms with Crippen molar-refractivity contribution in [1.82, 2.24) is 10.6 Å². The van der Waals surface area contributed by atoms with E-state index in [-0.39, 0.29) is 11.9 Å². The molecular formula is C6H12N2OS. The van der Waals surface area contributed by atoms with Crippen molar-refractivity contribution >= 4 is 17.7 Å². The van der Waals surface area contributed by atoms with Crippen molar-refractivity contribution in [2.24, 2.45) is 0 Å². The van der Waals surface area contributed by atoms with Crippen LogP contribution in [0.4, 0.5) is 0 Å². The third-order valence-corrected chi connectivity index (χ3v) is 2.56. The van der Waals surface area contributed by atoms with Crippen LogP contribution < -0.4 is 10.6 Å². The Morgan fingerprint density at radius 1 is 1.80 bits per heavy atom. The van der Waals surface area contributed by atoms with Crippen molar-refractivity contribution in [2.75, 3.05) is 25.1 Å². The summed E-state index contributed by atoms with van der Waals surface area (Å²) in [6.45, 7) is 0.807. The Kier molecular flexibility index (Phi) is 3.02. The molecule has 10 heavy (non-hydrogen) atoms. The van der Waals surface area contributed by atoms with E-state index < -0.39 is 0 Å². The number of nitrogens with one attached hydrogen (secondary N) is 2. The monoisotopic (exact) mass is 160 g/mol. The van der Waals surface area contributed by atoms with Crippen molar-refractivity contribution in [3.8, 4) is 0 Å². The third kappa shape index (κ3) is 1.88. The van der Waals surface area contributed by atoms with Crippen molar-refractivity contribution in [3.63, 3.8) is 0 Å². The molecule has 1 aliphatic heterocycles. The Morgan fingerprint density at radius 2 is 2.60 bits per heavy atom. The molecule has 2 N–H and O–H groups in total. The number of rotatable bonds is 1. The maximum absolute atomic E-state index is 11.1. The van der Waals surface area contributed by atoms with Crippen LogP contribution in [0.5, 0.6) is 0 Å². The molecule has 0 aromatic heterocycles. The maximum Gasteiger partial charge on any atom is 0.238 e. The standard InChI is InChI=1S/C6H12N2OS/c1-7-5-4-10-3-2-8-6(5)9/h5,7H,2-4H2,1H3,(H,8,9)/t5-/m0/s1. The minimum absolute atomic E-state index is 0.00694. The number of hydrogen-bond donors (Lipinski definition) is 2. The molecule has 4 heteroatoms. The van der Waals surface area contributed by atoms with Crippen LogP contribution in [0, 0.1) is 0 Å². The zero-order valence-electron chi connectivity index (χ0n) is 6.02. The van der Waals surface area contributed by atoms with Crippen LogP contribution >= 0.6 is 11.8 Å². The lowest BCUT2D eigenvalue weighted by molar-refractivity contribution is -0.122. The van der Waals surface area contributed by atoms with Gasteiger partial charge in [-0.05, 0) is 7.05 Å². The third-order valence-electron chi connectivity index (χ3n) is 1.50. The van der Waals surface area contributed by atoms with Crippen molar-refractivity contribution in [1.29, 1.82) is 0 Å². The van der Waals surface area contributed by atoms with Gasteiger partial charge in [-0.2, -0.15) is 11.8 Å². The number of carbonyl (C=O) groups is 1. The van der Waals surface area contributed by atoms with E-state index in [0.717, 1.165) is 18.1 Å². The average molecular weight is 160 g/mol. The summed E-state index contributed by atoms with van der Waals surface area (Å²) in [5, 5.41) is 5.78. The molecule has 1 fully saturated rings. The molecule has 0 bridgehead atoms.